The van der Waals surface area contributed by atoms with Crippen molar-refractivity contribution >= 4 is 11.6 Å². The Kier molecular flexibility index (Phi) is 7.00. The quantitative estimate of drug-likeness (QED) is 0.642. The number of piperazine rings is 1. The molecule has 154 valence electrons. The maximum Gasteiger partial charge on any atom is 0.260 e. The Labute approximate surface area is 172 Å². The van der Waals surface area contributed by atoms with Crippen molar-refractivity contribution in [3.8, 4) is 17.2 Å². The molecule has 0 spiro atoms. The minimum atomic E-state index is -0.0208. The average Bonchev–Trinajstić information content (AvgIpc) is 2.78. The minimum absolute atomic E-state index is 0.00365. The zero-order valence-corrected chi connectivity index (χ0v) is 17.1. The van der Waals surface area contributed by atoms with Crippen molar-refractivity contribution in [2.24, 2.45) is 0 Å². The van der Waals surface area contributed by atoms with Crippen molar-refractivity contribution in [3.63, 3.8) is 0 Å². The van der Waals surface area contributed by atoms with E-state index in [0.29, 0.717) is 24.6 Å². The van der Waals surface area contributed by atoms with Crippen molar-refractivity contribution < 1.29 is 19.0 Å². The van der Waals surface area contributed by atoms with Gasteiger partial charge in [-0.05, 0) is 36.2 Å². The zero-order chi connectivity index (χ0) is 20.6. The van der Waals surface area contributed by atoms with E-state index in [-0.39, 0.29) is 12.5 Å². The zero-order valence-electron chi connectivity index (χ0n) is 17.1. The summed E-state index contributed by atoms with van der Waals surface area (Å²) in [7, 11) is 3.26. The molecule has 0 unspecified atom stereocenters. The van der Waals surface area contributed by atoms with Crippen molar-refractivity contribution in [1.82, 2.24) is 4.90 Å². The Bertz CT molecular complexity index is 845. The second kappa shape index (κ2) is 9.87. The summed E-state index contributed by atoms with van der Waals surface area (Å²) >= 11 is 0. The molecule has 2 aromatic rings. The molecule has 0 aliphatic carbocycles. The van der Waals surface area contributed by atoms with Gasteiger partial charge in [-0.2, -0.15) is 0 Å². The summed E-state index contributed by atoms with van der Waals surface area (Å²) in [5, 5.41) is 0. The van der Waals surface area contributed by atoms with Gasteiger partial charge in [0.2, 0.25) is 0 Å². The fraction of sp³-hybridized carbons (Fsp3) is 0.348. The molecule has 1 aliphatic rings. The Balaban J connectivity index is 1.53. The molecule has 1 amide bonds. The fourth-order valence-corrected chi connectivity index (χ4v) is 3.38. The first-order valence-corrected chi connectivity index (χ1v) is 9.72. The molecule has 2 aromatic carbocycles. The Morgan fingerprint density at radius 2 is 1.83 bits per heavy atom. The molecule has 0 atom stereocenters. The Morgan fingerprint density at radius 3 is 2.52 bits per heavy atom. The van der Waals surface area contributed by atoms with Gasteiger partial charge in [0.1, 0.15) is 5.75 Å². The van der Waals surface area contributed by atoms with E-state index in [9.17, 15) is 4.79 Å². The lowest BCUT2D eigenvalue weighted by atomic mass is 10.1. The molecule has 0 N–H and O–H groups in total. The van der Waals surface area contributed by atoms with Gasteiger partial charge < -0.3 is 24.0 Å². The van der Waals surface area contributed by atoms with Gasteiger partial charge in [0, 0.05) is 37.9 Å². The number of ether oxygens (including phenoxy) is 3. The van der Waals surface area contributed by atoms with Crippen molar-refractivity contribution in [2.75, 3.05) is 51.9 Å². The van der Waals surface area contributed by atoms with Crippen LogP contribution in [0.1, 0.15) is 5.56 Å². The number of carbonyl (C=O) groups is 1. The summed E-state index contributed by atoms with van der Waals surface area (Å²) in [5.74, 6) is 2.01. The topological polar surface area (TPSA) is 51.2 Å². The first-order chi connectivity index (χ1) is 14.1. The standard InChI is InChI=1S/C23H28N2O4/c1-4-6-18-9-10-21(22(15-18)28-3)29-17-23(26)25-13-11-24(12-14-25)19-7-5-8-20(16-19)27-2/h4-5,7-10,15-16H,1,6,11-14,17H2,2-3H3. The highest BCUT2D eigenvalue weighted by molar-refractivity contribution is 5.78. The van der Waals surface area contributed by atoms with E-state index in [2.05, 4.69) is 17.5 Å². The van der Waals surface area contributed by atoms with E-state index in [0.717, 1.165) is 36.5 Å². The van der Waals surface area contributed by atoms with Crippen LogP contribution in [0.3, 0.4) is 0 Å². The van der Waals surface area contributed by atoms with E-state index < -0.39 is 0 Å². The number of rotatable bonds is 8. The third-order valence-corrected chi connectivity index (χ3v) is 5.01. The van der Waals surface area contributed by atoms with E-state index in [1.54, 1.807) is 14.2 Å². The molecule has 1 fully saturated rings. The lowest BCUT2D eigenvalue weighted by Crippen LogP contribution is -2.50. The number of amides is 1. The van der Waals surface area contributed by atoms with E-state index in [1.807, 2.05) is 47.4 Å². The normalized spacial score (nSPS) is 13.7. The summed E-state index contributed by atoms with van der Waals surface area (Å²) < 4.78 is 16.4. The number of hydrogen-bond acceptors (Lipinski definition) is 5. The maximum atomic E-state index is 12.6. The Morgan fingerprint density at radius 1 is 1.03 bits per heavy atom. The highest BCUT2D eigenvalue weighted by Crippen LogP contribution is 2.28. The first kappa shape index (κ1) is 20.6. The molecule has 1 heterocycles. The van der Waals surface area contributed by atoms with Gasteiger partial charge in [0.05, 0.1) is 14.2 Å². The van der Waals surface area contributed by atoms with Crippen LogP contribution >= 0.6 is 0 Å². The van der Waals surface area contributed by atoms with Crippen LogP contribution in [0.2, 0.25) is 0 Å². The molecule has 0 bridgehead atoms. The maximum absolute atomic E-state index is 12.6. The number of hydrogen-bond donors (Lipinski definition) is 0. The first-order valence-electron chi connectivity index (χ1n) is 9.72. The van der Waals surface area contributed by atoms with Gasteiger partial charge in [-0.3, -0.25) is 4.79 Å². The van der Waals surface area contributed by atoms with Crippen LogP contribution in [0.4, 0.5) is 5.69 Å². The second-order valence-corrected chi connectivity index (χ2v) is 6.84. The third-order valence-electron chi connectivity index (χ3n) is 5.01. The van der Waals surface area contributed by atoms with Gasteiger partial charge in [0.25, 0.3) is 5.91 Å². The largest absolute Gasteiger partial charge is 0.497 e. The molecule has 1 aliphatic heterocycles. The third kappa shape index (κ3) is 5.22. The Hall–Kier alpha value is -3.15. The van der Waals surface area contributed by atoms with Gasteiger partial charge in [-0.25, -0.2) is 0 Å². The predicted octanol–water partition coefficient (Wildman–Crippen LogP) is 3.16. The minimum Gasteiger partial charge on any atom is -0.497 e. The SMILES string of the molecule is C=CCc1ccc(OCC(=O)N2CCN(c3cccc(OC)c3)CC2)c(OC)c1. The summed E-state index contributed by atoms with van der Waals surface area (Å²) in [6, 6.07) is 13.7. The molecule has 3 rings (SSSR count). The molecule has 0 radical (unpaired) electrons. The number of carbonyl (C=O) groups excluding carboxylic acids is 1. The molecular formula is C23H28N2O4. The summed E-state index contributed by atoms with van der Waals surface area (Å²) in [6.45, 7) is 6.62. The van der Waals surface area contributed by atoms with Crippen LogP contribution in [0.15, 0.2) is 55.1 Å². The van der Waals surface area contributed by atoms with E-state index in [4.69, 9.17) is 14.2 Å². The number of nitrogens with zero attached hydrogens (tertiary/aromatic N) is 2. The monoisotopic (exact) mass is 396 g/mol. The molecule has 1 saturated heterocycles. The summed E-state index contributed by atoms with van der Waals surface area (Å²) in [6.07, 6.45) is 2.59. The summed E-state index contributed by atoms with van der Waals surface area (Å²) in [4.78, 5) is 16.7. The van der Waals surface area contributed by atoms with Gasteiger partial charge >= 0.3 is 0 Å². The second-order valence-electron chi connectivity index (χ2n) is 6.84. The molecule has 6 nitrogen and oxygen atoms in total. The van der Waals surface area contributed by atoms with Crippen LogP contribution in [-0.4, -0.2) is 57.8 Å². The predicted molar refractivity (Wildman–Crippen MR) is 114 cm³/mol. The number of allylic oxidation sites excluding steroid dienone is 1. The van der Waals surface area contributed by atoms with Crippen LogP contribution in [0.25, 0.3) is 0 Å². The molecule has 6 heteroatoms. The fourth-order valence-electron chi connectivity index (χ4n) is 3.38. The van der Waals surface area contributed by atoms with Gasteiger partial charge in [0.15, 0.2) is 18.1 Å². The van der Waals surface area contributed by atoms with Crippen molar-refractivity contribution in [1.29, 1.82) is 0 Å². The average molecular weight is 396 g/mol. The van der Waals surface area contributed by atoms with Crippen LogP contribution in [0.5, 0.6) is 17.2 Å². The van der Waals surface area contributed by atoms with E-state index in [1.165, 1.54) is 0 Å². The van der Waals surface area contributed by atoms with Crippen molar-refractivity contribution in [3.05, 3.63) is 60.7 Å². The smallest absolute Gasteiger partial charge is 0.260 e. The number of methoxy groups -OCH3 is 2. The summed E-state index contributed by atoms with van der Waals surface area (Å²) in [5.41, 5.74) is 2.20. The molecule has 0 saturated carbocycles. The van der Waals surface area contributed by atoms with E-state index >= 15 is 0 Å². The van der Waals surface area contributed by atoms with Gasteiger partial charge in [-0.1, -0.05) is 18.2 Å². The van der Waals surface area contributed by atoms with Gasteiger partial charge in [-0.15, -0.1) is 6.58 Å². The van der Waals surface area contributed by atoms with Crippen LogP contribution in [-0.2, 0) is 11.2 Å². The molecule has 29 heavy (non-hydrogen) atoms. The van der Waals surface area contributed by atoms with Crippen LogP contribution in [0, 0.1) is 0 Å². The lowest BCUT2D eigenvalue weighted by Gasteiger charge is -2.36. The number of benzene rings is 2. The number of anilines is 1. The van der Waals surface area contributed by atoms with Crippen molar-refractivity contribution in [2.45, 2.75) is 6.42 Å². The molecule has 0 aromatic heterocycles. The highest BCUT2D eigenvalue weighted by Gasteiger charge is 2.22. The molecular weight excluding hydrogens is 368 g/mol. The lowest BCUT2D eigenvalue weighted by molar-refractivity contribution is -0.133. The highest BCUT2D eigenvalue weighted by atomic mass is 16.5. The van der Waals surface area contributed by atoms with Crippen LogP contribution < -0.4 is 19.1 Å².